The topological polar surface area (TPSA) is 66.5 Å². The number of hydrogen-bond donors (Lipinski definition) is 1. The molecule has 2 amide bonds. The fourth-order valence-electron chi connectivity index (χ4n) is 3.42. The smallest absolute Gasteiger partial charge is 0.247 e. The van der Waals surface area contributed by atoms with Crippen molar-refractivity contribution in [1.29, 1.82) is 0 Å². The van der Waals surface area contributed by atoms with E-state index in [0.29, 0.717) is 5.75 Å². The molecular weight excluding hydrogens is 288 g/mol. The van der Waals surface area contributed by atoms with Gasteiger partial charge in [0, 0.05) is 34.9 Å². The van der Waals surface area contributed by atoms with Gasteiger partial charge in [0.25, 0.3) is 0 Å². The van der Waals surface area contributed by atoms with Gasteiger partial charge >= 0.3 is 0 Å². The molecule has 1 aliphatic carbocycles. The molecule has 1 heterocycles. The molecule has 5 nitrogen and oxygen atoms in total. The molecule has 6 heteroatoms. The normalized spacial score (nSPS) is 27.7. The molecule has 21 heavy (non-hydrogen) atoms. The molecule has 0 bridgehead atoms. The first-order chi connectivity index (χ1) is 9.99. The Morgan fingerprint density at radius 2 is 1.86 bits per heavy atom. The first-order valence-corrected chi connectivity index (χ1v) is 9.63. The van der Waals surface area contributed by atoms with Gasteiger partial charge in [0.15, 0.2) is 0 Å². The zero-order chi connectivity index (χ0) is 15.4. The molecule has 2 fully saturated rings. The summed E-state index contributed by atoms with van der Waals surface area (Å²) >= 11 is 0. The minimum Gasteiger partial charge on any atom is -0.302 e. The van der Waals surface area contributed by atoms with Gasteiger partial charge in [0.1, 0.15) is 0 Å². The molecule has 3 atom stereocenters. The molecule has 1 aliphatic heterocycles. The van der Waals surface area contributed by atoms with E-state index in [1.807, 2.05) is 6.92 Å². The third-order valence-electron chi connectivity index (χ3n) is 4.34. The van der Waals surface area contributed by atoms with Crippen LogP contribution in [0.2, 0.25) is 0 Å². The summed E-state index contributed by atoms with van der Waals surface area (Å²) in [5.41, 5.74) is 0. The van der Waals surface area contributed by atoms with Crippen molar-refractivity contribution in [1.82, 2.24) is 10.2 Å². The van der Waals surface area contributed by atoms with Crippen molar-refractivity contribution in [2.75, 3.05) is 12.0 Å². The minimum atomic E-state index is -0.903. The summed E-state index contributed by atoms with van der Waals surface area (Å²) in [5.74, 6) is 0.372. The van der Waals surface area contributed by atoms with Crippen LogP contribution < -0.4 is 5.32 Å². The number of likely N-dealkylation sites (tertiary alicyclic amines) is 1. The molecule has 0 aromatic carbocycles. The molecule has 1 N–H and O–H groups in total. The highest BCUT2D eigenvalue weighted by Crippen LogP contribution is 2.26. The lowest BCUT2D eigenvalue weighted by Gasteiger charge is -2.26. The highest BCUT2D eigenvalue weighted by Gasteiger charge is 2.42. The summed E-state index contributed by atoms with van der Waals surface area (Å²) in [7, 11) is -0.903. The second-order valence-electron chi connectivity index (χ2n) is 6.31. The van der Waals surface area contributed by atoms with E-state index in [0.717, 1.165) is 25.7 Å². The summed E-state index contributed by atoms with van der Waals surface area (Å²) in [6.07, 6.45) is 8.39. The van der Waals surface area contributed by atoms with Crippen molar-refractivity contribution in [2.24, 2.45) is 0 Å². The Bertz CT molecular complexity index is 419. The van der Waals surface area contributed by atoms with Crippen molar-refractivity contribution in [3.05, 3.63) is 0 Å². The Balaban J connectivity index is 1.97. The van der Waals surface area contributed by atoms with E-state index in [-0.39, 0.29) is 30.3 Å². The molecule has 2 rings (SSSR count). The summed E-state index contributed by atoms with van der Waals surface area (Å²) in [4.78, 5) is 26.2. The van der Waals surface area contributed by atoms with Gasteiger partial charge in [-0.3, -0.25) is 18.7 Å². The van der Waals surface area contributed by atoms with E-state index in [2.05, 4.69) is 5.32 Å². The van der Waals surface area contributed by atoms with E-state index in [1.54, 1.807) is 6.26 Å². The second kappa shape index (κ2) is 7.49. The number of carbonyl (C=O) groups excluding carboxylic acids is 2. The Kier molecular flexibility index (Phi) is 5.93. The summed E-state index contributed by atoms with van der Waals surface area (Å²) in [5, 5.41) is 3.17. The summed E-state index contributed by atoms with van der Waals surface area (Å²) in [6, 6.07) is -0.360. The fraction of sp³-hybridized carbons (Fsp3) is 0.867. The quantitative estimate of drug-likeness (QED) is 0.611. The van der Waals surface area contributed by atoms with Crippen LogP contribution in [0.1, 0.15) is 51.9 Å². The highest BCUT2D eigenvalue weighted by atomic mass is 32.2. The maximum Gasteiger partial charge on any atom is 0.247 e. The number of nitrogens with zero attached hydrogens (tertiary/aromatic N) is 1. The monoisotopic (exact) mass is 314 g/mol. The number of carbonyl (C=O) groups is 2. The van der Waals surface area contributed by atoms with Crippen LogP contribution in [-0.2, 0) is 20.4 Å². The van der Waals surface area contributed by atoms with Crippen molar-refractivity contribution < 1.29 is 13.8 Å². The van der Waals surface area contributed by atoms with Crippen LogP contribution in [0.15, 0.2) is 0 Å². The zero-order valence-corrected chi connectivity index (χ0v) is 13.8. The van der Waals surface area contributed by atoms with Gasteiger partial charge in [-0.05, 0) is 19.8 Å². The van der Waals surface area contributed by atoms with Crippen molar-refractivity contribution in [2.45, 2.75) is 70.0 Å². The first-order valence-electron chi connectivity index (χ1n) is 7.91. The number of rotatable bonds is 5. The lowest BCUT2D eigenvalue weighted by molar-refractivity contribution is -0.141. The molecule has 3 unspecified atom stereocenters. The lowest BCUT2D eigenvalue weighted by Crippen LogP contribution is -2.47. The number of imide groups is 1. The van der Waals surface area contributed by atoms with Gasteiger partial charge in [0.2, 0.25) is 11.8 Å². The highest BCUT2D eigenvalue weighted by molar-refractivity contribution is 7.84. The maximum absolute atomic E-state index is 12.5. The Hall–Kier alpha value is -0.750. The van der Waals surface area contributed by atoms with E-state index in [1.165, 1.54) is 17.7 Å². The Morgan fingerprint density at radius 3 is 2.43 bits per heavy atom. The van der Waals surface area contributed by atoms with Gasteiger partial charge in [-0.1, -0.05) is 25.7 Å². The van der Waals surface area contributed by atoms with Gasteiger partial charge in [-0.2, -0.15) is 0 Å². The van der Waals surface area contributed by atoms with Crippen molar-refractivity contribution in [3.63, 3.8) is 0 Å². The molecule has 0 aromatic rings. The molecule has 0 spiro atoms. The van der Waals surface area contributed by atoms with Gasteiger partial charge in [-0.15, -0.1) is 0 Å². The van der Waals surface area contributed by atoms with Crippen molar-refractivity contribution in [3.8, 4) is 0 Å². The Morgan fingerprint density at radius 1 is 1.24 bits per heavy atom. The van der Waals surface area contributed by atoms with Crippen LogP contribution in [0.3, 0.4) is 0 Å². The third kappa shape index (κ3) is 4.36. The largest absolute Gasteiger partial charge is 0.302 e. The fourth-order valence-corrected chi connectivity index (χ4v) is 4.22. The SMILES string of the molecule is CC(CS(C)=O)NC1CC(=O)N(C2CCCCCC2)C1=O. The number of nitrogens with one attached hydrogen (secondary N) is 1. The predicted molar refractivity (Wildman–Crippen MR) is 83.3 cm³/mol. The molecule has 0 radical (unpaired) electrons. The molecule has 0 aromatic heterocycles. The molecule has 120 valence electrons. The predicted octanol–water partition coefficient (Wildman–Crippen LogP) is 1.19. The summed E-state index contributed by atoms with van der Waals surface area (Å²) < 4.78 is 11.2. The zero-order valence-electron chi connectivity index (χ0n) is 13.0. The van der Waals surface area contributed by atoms with Gasteiger partial charge in [-0.25, -0.2) is 0 Å². The number of amides is 2. The van der Waals surface area contributed by atoms with E-state index in [4.69, 9.17) is 0 Å². The van der Waals surface area contributed by atoms with Crippen LogP contribution in [-0.4, -0.2) is 51.1 Å². The average Bonchev–Trinajstić information content (AvgIpc) is 2.59. The molecule has 1 saturated carbocycles. The van der Waals surface area contributed by atoms with E-state index in [9.17, 15) is 13.8 Å². The van der Waals surface area contributed by atoms with Crippen LogP contribution >= 0.6 is 0 Å². The van der Waals surface area contributed by atoms with Crippen LogP contribution in [0.5, 0.6) is 0 Å². The number of hydrogen-bond acceptors (Lipinski definition) is 4. The van der Waals surface area contributed by atoms with E-state index >= 15 is 0 Å². The van der Waals surface area contributed by atoms with Gasteiger partial charge in [0.05, 0.1) is 12.5 Å². The van der Waals surface area contributed by atoms with Crippen LogP contribution in [0.4, 0.5) is 0 Å². The molecule has 1 saturated heterocycles. The van der Waals surface area contributed by atoms with Crippen LogP contribution in [0, 0.1) is 0 Å². The Labute approximate surface area is 129 Å². The standard InChI is InChI=1S/C15H26N2O3S/c1-11(10-21(2)20)16-13-9-14(18)17(15(13)19)12-7-5-3-4-6-8-12/h11-13,16H,3-10H2,1-2H3. The van der Waals surface area contributed by atoms with Crippen LogP contribution in [0.25, 0.3) is 0 Å². The maximum atomic E-state index is 12.5. The average molecular weight is 314 g/mol. The molecular formula is C15H26N2O3S. The van der Waals surface area contributed by atoms with E-state index < -0.39 is 16.8 Å². The second-order valence-corrected chi connectivity index (χ2v) is 7.79. The molecule has 2 aliphatic rings. The summed E-state index contributed by atoms with van der Waals surface area (Å²) in [6.45, 7) is 1.91. The van der Waals surface area contributed by atoms with Gasteiger partial charge < -0.3 is 5.32 Å². The van der Waals surface area contributed by atoms with Crippen molar-refractivity contribution >= 4 is 22.6 Å². The minimum absolute atomic E-state index is 0.0216. The lowest BCUT2D eigenvalue weighted by atomic mass is 10.1. The first kappa shape index (κ1) is 16.6. The third-order valence-corrected chi connectivity index (χ3v) is 5.31.